The molecule has 0 aliphatic carbocycles. The number of rotatable bonds is 3. The SMILES string of the molecule is Cc1cc(Cn2c(CCl)nc3cc(F)ccc32)no1. The van der Waals surface area contributed by atoms with Gasteiger partial charge in [-0.05, 0) is 19.1 Å². The molecule has 0 fully saturated rings. The summed E-state index contributed by atoms with van der Waals surface area (Å²) in [5, 5.41) is 3.95. The van der Waals surface area contributed by atoms with E-state index in [9.17, 15) is 4.39 Å². The van der Waals surface area contributed by atoms with Gasteiger partial charge in [-0.15, -0.1) is 11.6 Å². The number of nitrogens with zero attached hydrogens (tertiary/aromatic N) is 3. The van der Waals surface area contributed by atoms with Crippen molar-refractivity contribution < 1.29 is 8.91 Å². The van der Waals surface area contributed by atoms with Crippen LogP contribution in [0.3, 0.4) is 0 Å². The zero-order valence-corrected chi connectivity index (χ0v) is 11.0. The van der Waals surface area contributed by atoms with Gasteiger partial charge in [-0.25, -0.2) is 9.37 Å². The standard InChI is InChI=1S/C13H11ClFN3O/c1-8-4-10(17-19-8)7-18-12-3-2-9(15)5-11(12)16-13(18)6-14/h2-5H,6-7H2,1H3. The molecule has 0 bridgehead atoms. The molecule has 0 aliphatic heterocycles. The van der Waals surface area contributed by atoms with Crippen LogP contribution >= 0.6 is 11.6 Å². The average Bonchev–Trinajstić information content (AvgIpc) is 2.94. The Balaban J connectivity index is 2.10. The second-order valence-electron chi connectivity index (χ2n) is 4.31. The predicted molar refractivity (Wildman–Crippen MR) is 69.6 cm³/mol. The predicted octanol–water partition coefficient (Wildman–Crippen LogP) is 3.26. The molecule has 4 nitrogen and oxygen atoms in total. The highest BCUT2D eigenvalue weighted by Crippen LogP contribution is 2.20. The van der Waals surface area contributed by atoms with Crippen molar-refractivity contribution in [3.05, 3.63) is 47.4 Å². The van der Waals surface area contributed by atoms with Crippen molar-refractivity contribution in [1.29, 1.82) is 0 Å². The van der Waals surface area contributed by atoms with E-state index < -0.39 is 0 Å². The summed E-state index contributed by atoms with van der Waals surface area (Å²) < 4.78 is 20.2. The van der Waals surface area contributed by atoms with Gasteiger partial charge in [0.25, 0.3) is 0 Å². The molecule has 98 valence electrons. The molecule has 2 aromatic heterocycles. The molecule has 2 heterocycles. The monoisotopic (exact) mass is 279 g/mol. The van der Waals surface area contributed by atoms with Crippen molar-refractivity contribution in [3.63, 3.8) is 0 Å². The summed E-state index contributed by atoms with van der Waals surface area (Å²) in [5.41, 5.74) is 2.21. The van der Waals surface area contributed by atoms with Gasteiger partial charge in [0.05, 0.1) is 23.5 Å². The maximum atomic E-state index is 13.2. The number of hydrogen-bond acceptors (Lipinski definition) is 3. The van der Waals surface area contributed by atoms with Gasteiger partial charge in [-0.3, -0.25) is 0 Å². The van der Waals surface area contributed by atoms with Gasteiger partial charge in [0.1, 0.15) is 23.1 Å². The molecule has 0 saturated carbocycles. The topological polar surface area (TPSA) is 43.9 Å². The first-order chi connectivity index (χ1) is 9.17. The Kier molecular flexibility index (Phi) is 2.98. The van der Waals surface area contributed by atoms with Crippen molar-refractivity contribution in [2.45, 2.75) is 19.3 Å². The molecule has 0 saturated heterocycles. The van der Waals surface area contributed by atoms with Crippen molar-refractivity contribution in [2.75, 3.05) is 0 Å². The quantitative estimate of drug-likeness (QED) is 0.691. The van der Waals surface area contributed by atoms with Crippen LogP contribution in [-0.4, -0.2) is 14.7 Å². The highest BCUT2D eigenvalue weighted by molar-refractivity contribution is 6.16. The molecule has 0 spiro atoms. The Morgan fingerprint density at radius 1 is 1.37 bits per heavy atom. The van der Waals surface area contributed by atoms with Crippen molar-refractivity contribution in [3.8, 4) is 0 Å². The van der Waals surface area contributed by atoms with E-state index in [1.165, 1.54) is 12.1 Å². The number of aryl methyl sites for hydroxylation is 1. The van der Waals surface area contributed by atoms with Gasteiger partial charge in [-0.1, -0.05) is 5.16 Å². The van der Waals surface area contributed by atoms with Crippen LogP contribution in [0.25, 0.3) is 11.0 Å². The zero-order valence-electron chi connectivity index (χ0n) is 10.2. The molecular weight excluding hydrogens is 269 g/mol. The van der Waals surface area contributed by atoms with Crippen LogP contribution in [0.1, 0.15) is 17.3 Å². The van der Waals surface area contributed by atoms with Crippen LogP contribution in [0.2, 0.25) is 0 Å². The van der Waals surface area contributed by atoms with Crippen molar-refractivity contribution >= 4 is 22.6 Å². The Labute approximate surface area is 113 Å². The van der Waals surface area contributed by atoms with E-state index in [0.717, 1.165) is 17.0 Å². The summed E-state index contributed by atoms with van der Waals surface area (Å²) in [6, 6.07) is 6.36. The molecule has 3 rings (SSSR count). The first-order valence-corrected chi connectivity index (χ1v) is 6.33. The first kappa shape index (κ1) is 12.2. The highest BCUT2D eigenvalue weighted by atomic mass is 35.5. The number of halogens is 2. The number of alkyl halides is 1. The minimum atomic E-state index is -0.310. The van der Waals surface area contributed by atoms with E-state index in [2.05, 4.69) is 10.1 Å². The van der Waals surface area contributed by atoms with Crippen LogP contribution in [0.5, 0.6) is 0 Å². The number of benzene rings is 1. The Bertz CT molecular complexity index is 735. The van der Waals surface area contributed by atoms with Gasteiger partial charge in [-0.2, -0.15) is 0 Å². The van der Waals surface area contributed by atoms with E-state index in [1.807, 2.05) is 17.6 Å². The number of hydrogen-bond donors (Lipinski definition) is 0. The van der Waals surface area contributed by atoms with E-state index in [1.54, 1.807) is 6.07 Å². The normalized spacial score (nSPS) is 11.3. The first-order valence-electron chi connectivity index (χ1n) is 5.80. The fraction of sp³-hybridized carbons (Fsp3) is 0.231. The van der Waals surface area contributed by atoms with Gasteiger partial charge in [0, 0.05) is 12.1 Å². The molecule has 0 aliphatic rings. The lowest BCUT2D eigenvalue weighted by atomic mass is 10.3. The lowest BCUT2D eigenvalue weighted by Crippen LogP contribution is -2.04. The molecule has 0 atom stereocenters. The van der Waals surface area contributed by atoms with Gasteiger partial charge < -0.3 is 9.09 Å². The third kappa shape index (κ3) is 2.21. The van der Waals surface area contributed by atoms with E-state index in [-0.39, 0.29) is 11.7 Å². The van der Waals surface area contributed by atoms with Crippen molar-refractivity contribution in [2.24, 2.45) is 0 Å². The minimum absolute atomic E-state index is 0.257. The van der Waals surface area contributed by atoms with Gasteiger partial charge >= 0.3 is 0 Å². The lowest BCUT2D eigenvalue weighted by molar-refractivity contribution is 0.389. The molecular formula is C13H11ClFN3O. The van der Waals surface area contributed by atoms with Crippen LogP contribution < -0.4 is 0 Å². The summed E-state index contributed by atoms with van der Waals surface area (Å²) in [4.78, 5) is 4.33. The minimum Gasteiger partial charge on any atom is -0.361 e. The van der Waals surface area contributed by atoms with Crippen LogP contribution in [0.4, 0.5) is 4.39 Å². The average molecular weight is 280 g/mol. The molecule has 0 radical (unpaired) electrons. The van der Waals surface area contributed by atoms with E-state index in [4.69, 9.17) is 16.1 Å². The number of imidazole rings is 1. The third-order valence-corrected chi connectivity index (χ3v) is 3.14. The smallest absolute Gasteiger partial charge is 0.133 e. The largest absolute Gasteiger partial charge is 0.361 e. The third-order valence-electron chi connectivity index (χ3n) is 2.91. The fourth-order valence-corrected chi connectivity index (χ4v) is 2.29. The Morgan fingerprint density at radius 2 is 2.21 bits per heavy atom. The van der Waals surface area contributed by atoms with E-state index in [0.29, 0.717) is 17.9 Å². The second-order valence-corrected chi connectivity index (χ2v) is 4.58. The van der Waals surface area contributed by atoms with E-state index >= 15 is 0 Å². The summed E-state index contributed by atoms with van der Waals surface area (Å²) in [5.74, 6) is 1.38. The Morgan fingerprint density at radius 3 is 2.89 bits per heavy atom. The molecule has 1 aromatic carbocycles. The zero-order chi connectivity index (χ0) is 13.4. The maximum absolute atomic E-state index is 13.2. The van der Waals surface area contributed by atoms with Gasteiger partial charge in [0.15, 0.2) is 0 Å². The Hall–Kier alpha value is -1.88. The number of fused-ring (bicyclic) bond motifs is 1. The van der Waals surface area contributed by atoms with Crippen molar-refractivity contribution in [1.82, 2.24) is 14.7 Å². The molecule has 0 N–H and O–H groups in total. The van der Waals surface area contributed by atoms with Crippen LogP contribution in [-0.2, 0) is 12.4 Å². The molecule has 6 heteroatoms. The highest BCUT2D eigenvalue weighted by Gasteiger charge is 2.12. The summed E-state index contributed by atoms with van der Waals surface area (Å²) >= 11 is 5.89. The fourth-order valence-electron chi connectivity index (χ4n) is 2.09. The number of aromatic nitrogens is 3. The molecule has 0 amide bonds. The molecule has 0 unspecified atom stereocenters. The second kappa shape index (κ2) is 4.66. The van der Waals surface area contributed by atoms with Gasteiger partial charge in [0.2, 0.25) is 0 Å². The molecule has 19 heavy (non-hydrogen) atoms. The maximum Gasteiger partial charge on any atom is 0.133 e. The molecule has 3 aromatic rings. The summed E-state index contributed by atoms with van der Waals surface area (Å²) in [6.07, 6.45) is 0. The lowest BCUT2D eigenvalue weighted by Gasteiger charge is -2.04. The van der Waals surface area contributed by atoms with Crippen LogP contribution in [0, 0.1) is 12.7 Å². The summed E-state index contributed by atoms with van der Waals surface area (Å²) in [6.45, 7) is 2.34. The van der Waals surface area contributed by atoms with Crippen LogP contribution in [0.15, 0.2) is 28.8 Å². The summed E-state index contributed by atoms with van der Waals surface area (Å²) in [7, 11) is 0.